The highest BCUT2D eigenvalue weighted by molar-refractivity contribution is 5.99. The summed E-state index contributed by atoms with van der Waals surface area (Å²) >= 11 is 0. The van der Waals surface area contributed by atoms with Crippen LogP contribution in [0.25, 0.3) is 0 Å². The standard InChI is InChI=1S/C13H17NO4Si/c1-17-13(16)11-8-10(12(15)14(11)18-19)7-9-5-3-2-4-6-9/h2-6,10-11H,7-8H2,1,19H3/t10?,11-/m1/s1. The van der Waals surface area contributed by atoms with Crippen LogP contribution in [-0.4, -0.2) is 40.6 Å². The molecule has 0 radical (unpaired) electrons. The zero-order valence-corrected chi connectivity index (χ0v) is 13.0. The normalized spacial score (nSPS) is 22.8. The Morgan fingerprint density at radius 2 is 2.11 bits per heavy atom. The molecule has 6 heteroatoms. The van der Waals surface area contributed by atoms with Crippen molar-refractivity contribution >= 4 is 22.4 Å². The molecule has 0 saturated carbocycles. The smallest absolute Gasteiger partial charge is 0.331 e. The zero-order chi connectivity index (χ0) is 13.8. The topological polar surface area (TPSA) is 55.8 Å². The fraction of sp³-hybridized carbons (Fsp3) is 0.385. The van der Waals surface area contributed by atoms with Crippen molar-refractivity contribution in [3.63, 3.8) is 0 Å². The molecule has 1 aliphatic heterocycles. The maximum atomic E-state index is 12.2. The summed E-state index contributed by atoms with van der Waals surface area (Å²) in [5.74, 6) is -0.769. The van der Waals surface area contributed by atoms with Crippen molar-refractivity contribution in [3.8, 4) is 0 Å². The van der Waals surface area contributed by atoms with Crippen LogP contribution in [0.1, 0.15) is 12.0 Å². The molecule has 1 aromatic rings. The average molecular weight is 279 g/mol. The van der Waals surface area contributed by atoms with Gasteiger partial charge in [-0.25, -0.2) is 9.86 Å². The predicted octanol–water partition coefficient (Wildman–Crippen LogP) is -0.169. The van der Waals surface area contributed by atoms with Gasteiger partial charge in [-0.15, -0.1) is 0 Å². The molecule has 0 aliphatic carbocycles. The molecule has 1 unspecified atom stereocenters. The molecule has 5 nitrogen and oxygen atoms in total. The van der Waals surface area contributed by atoms with Gasteiger partial charge in [-0.2, -0.15) is 0 Å². The number of carbonyl (C=O) groups is 2. The number of rotatable bonds is 4. The predicted molar refractivity (Wildman–Crippen MR) is 71.9 cm³/mol. The van der Waals surface area contributed by atoms with Crippen LogP contribution in [0.2, 0.25) is 0 Å². The van der Waals surface area contributed by atoms with Gasteiger partial charge >= 0.3 is 5.97 Å². The molecule has 2 rings (SSSR count). The number of nitrogens with zero attached hydrogens (tertiary/aromatic N) is 1. The third kappa shape index (κ3) is 2.85. The van der Waals surface area contributed by atoms with Gasteiger partial charge in [0.2, 0.25) is 5.91 Å². The van der Waals surface area contributed by atoms with Crippen molar-refractivity contribution in [1.82, 2.24) is 5.06 Å². The van der Waals surface area contributed by atoms with E-state index in [4.69, 9.17) is 9.26 Å². The molecule has 0 bridgehead atoms. The molecule has 102 valence electrons. The van der Waals surface area contributed by atoms with Gasteiger partial charge in [0.25, 0.3) is 0 Å². The highest BCUT2D eigenvalue weighted by Crippen LogP contribution is 2.28. The molecule has 1 heterocycles. The van der Waals surface area contributed by atoms with Gasteiger partial charge in [0, 0.05) is 5.92 Å². The number of hydroxylamine groups is 2. The summed E-state index contributed by atoms with van der Waals surface area (Å²) in [6.07, 6.45) is 1.07. The van der Waals surface area contributed by atoms with Gasteiger partial charge in [-0.05, 0) is 18.4 Å². The van der Waals surface area contributed by atoms with E-state index < -0.39 is 12.0 Å². The highest BCUT2D eigenvalue weighted by atomic mass is 28.2. The average Bonchev–Trinajstić information content (AvgIpc) is 2.76. The van der Waals surface area contributed by atoms with Crippen molar-refractivity contribution in [3.05, 3.63) is 35.9 Å². The van der Waals surface area contributed by atoms with E-state index in [1.807, 2.05) is 30.3 Å². The molecular weight excluding hydrogens is 262 g/mol. The SMILES string of the molecule is COC(=O)[C@H]1CC(Cc2ccccc2)C(=O)N1O[SiH3]. The van der Waals surface area contributed by atoms with E-state index in [-0.39, 0.29) is 11.8 Å². The summed E-state index contributed by atoms with van der Waals surface area (Å²) in [4.78, 5) is 23.8. The minimum absolute atomic E-state index is 0.130. The van der Waals surface area contributed by atoms with E-state index in [0.717, 1.165) is 5.56 Å². The van der Waals surface area contributed by atoms with Gasteiger partial charge in [0.15, 0.2) is 16.5 Å². The van der Waals surface area contributed by atoms with Gasteiger partial charge in [0.05, 0.1) is 7.11 Å². The first-order valence-corrected chi connectivity index (χ1v) is 6.98. The Hall–Kier alpha value is -1.66. The van der Waals surface area contributed by atoms with Crippen molar-refractivity contribution in [2.45, 2.75) is 18.9 Å². The maximum absolute atomic E-state index is 12.2. The van der Waals surface area contributed by atoms with Crippen LogP contribution in [0.15, 0.2) is 30.3 Å². The highest BCUT2D eigenvalue weighted by Gasteiger charge is 2.44. The Labute approximate surface area is 115 Å². The van der Waals surface area contributed by atoms with E-state index >= 15 is 0 Å². The Kier molecular flexibility index (Phi) is 4.34. The number of hydrogen-bond acceptors (Lipinski definition) is 4. The summed E-state index contributed by atoms with van der Waals surface area (Å²) in [6, 6.07) is 9.16. The van der Waals surface area contributed by atoms with E-state index in [9.17, 15) is 9.59 Å². The van der Waals surface area contributed by atoms with Gasteiger partial charge < -0.3 is 9.26 Å². The van der Waals surface area contributed by atoms with Crippen LogP contribution in [0.5, 0.6) is 0 Å². The van der Waals surface area contributed by atoms with Crippen LogP contribution < -0.4 is 0 Å². The van der Waals surface area contributed by atoms with E-state index in [1.54, 1.807) is 0 Å². The number of ether oxygens (including phenoxy) is 1. The Morgan fingerprint density at radius 3 is 2.68 bits per heavy atom. The number of esters is 1. The molecule has 2 atom stereocenters. The quantitative estimate of drug-likeness (QED) is 0.567. The van der Waals surface area contributed by atoms with Crippen LogP contribution in [0.3, 0.4) is 0 Å². The molecule has 1 amide bonds. The summed E-state index contributed by atoms with van der Waals surface area (Å²) in [5, 5.41) is 1.19. The molecule has 1 fully saturated rings. The molecular formula is C13H17NO4Si. The Balaban J connectivity index is 2.11. The molecule has 0 aromatic heterocycles. The van der Waals surface area contributed by atoms with Crippen LogP contribution >= 0.6 is 0 Å². The fourth-order valence-corrected chi connectivity index (χ4v) is 2.85. The molecule has 0 spiro atoms. The van der Waals surface area contributed by atoms with Crippen LogP contribution in [-0.2, 0) is 25.3 Å². The summed E-state index contributed by atoms with van der Waals surface area (Å²) in [5.41, 5.74) is 1.08. The van der Waals surface area contributed by atoms with Crippen molar-refractivity contribution in [1.29, 1.82) is 0 Å². The fourth-order valence-electron chi connectivity index (χ4n) is 2.41. The summed E-state index contributed by atoms with van der Waals surface area (Å²) in [6.45, 7) is 0. The maximum Gasteiger partial charge on any atom is 0.331 e. The third-order valence-electron chi connectivity index (χ3n) is 3.35. The number of hydrogen-bond donors (Lipinski definition) is 0. The summed E-state index contributed by atoms with van der Waals surface area (Å²) in [7, 11) is 1.69. The van der Waals surface area contributed by atoms with Crippen LogP contribution in [0, 0.1) is 5.92 Å². The van der Waals surface area contributed by atoms with E-state index in [0.29, 0.717) is 23.3 Å². The minimum atomic E-state index is -0.608. The lowest BCUT2D eigenvalue weighted by Gasteiger charge is -2.20. The molecule has 1 saturated heterocycles. The van der Waals surface area contributed by atoms with Gasteiger partial charge in [0.1, 0.15) is 0 Å². The number of carbonyl (C=O) groups excluding carboxylic acids is 2. The lowest BCUT2D eigenvalue weighted by Crippen LogP contribution is -2.39. The monoisotopic (exact) mass is 279 g/mol. The van der Waals surface area contributed by atoms with E-state index in [1.165, 1.54) is 12.2 Å². The third-order valence-corrected chi connectivity index (χ3v) is 3.75. The lowest BCUT2D eigenvalue weighted by atomic mass is 9.96. The number of benzene rings is 1. The summed E-state index contributed by atoms with van der Waals surface area (Å²) < 4.78 is 9.86. The zero-order valence-electron chi connectivity index (χ0n) is 11.0. The minimum Gasteiger partial charge on any atom is -0.467 e. The molecule has 1 aromatic carbocycles. The second-order valence-corrected chi connectivity index (χ2v) is 4.87. The van der Waals surface area contributed by atoms with Crippen molar-refractivity contribution < 1.29 is 18.9 Å². The Morgan fingerprint density at radius 1 is 1.42 bits per heavy atom. The van der Waals surface area contributed by atoms with Crippen molar-refractivity contribution in [2.24, 2.45) is 5.92 Å². The number of methoxy groups -OCH3 is 1. The lowest BCUT2D eigenvalue weighted by molar-refractivity contribution is -0.170. The molecule has 19 heavy (non-hydrogen) atoms. The molecule has 0 N–H and O–H groups in total. The second-order valence-electron chi connectivity index (χ2n) is 4.51. The number of amides is 1. The first-order chi connectivity index (χ1) is 9.17. The molecule has 1 aliphatic rings. The largest absolute Gasteiger partial charge is 0.467 e. The van der Waals surface area contributed by atoms with Gasteiger partial charge in [-0.1, -0.05) is 30.3 Å². The Bertz CT molecular complexity index is 465. The van der Waals surface area contributed by atoms with Crippen LogP contribution in [0.4, 0.5) is 0 Å². The van der Waals surface area contributed by atoms with Gasteiger partial charge in [-0.3, -0.25) is 4.79 Å². The van der Waals surface area contributed by atoms with Crippen molar-refractivity contribution in [2.75, 3.05) is 7.11 Å². The van der Waals surface area contributed by atoms with E-state index in [2.05, 4.69) is 0 Å². The second kappa shape index (κ2) is 5.99. The first kappa shape index (κ1) is 13.8. The first-order valence-electron chi connectivity index (χ1n) is 6.16.